The highest BCUT2D eigenvalue weighted by atomic mass is 16.5. The van der Waals surface area contributed by atoms with Crippen LogP contribution in [0, 0.1) is 0 Å². The van der Waals surface area contributed by atoms with Crippen molar-refractivity contribution in [2.75, 3.05) is 33.5 Å². The number of carboxylic acid groups (broad SMARTS) is 1. The molecule has 1 N–H and O–H groups in total. The predicted octanol–water partition coefficient (Wildman–Crippen LogP) is 2.35. The van der Waals surface area contributed by atoms with Crippen molar-refractivity contribution in [1.82, 2.24) is 0 Å². The second kappa shape index (κ2) is 11.0. The number of hydrogen-bond acceptors (Lipinski definition) is 4. The van der Waals surface area contributed by atoms with Gasteiger partial charge in [0.25, 0.3) is 0 Å². The van der Waals surface area contributed by atoms with Gasteiger partial charge >= 0.3 is 5.97 Å². The summed E-state index contributed by atoms with van der Waals surface area (Å²) in [5, 5.41) is 8.66. The maximum atomic E-state index is 10.6. The molecular formula is C16H22O5. The monoisotopic (exact) mass is 294 g/mol. The molecule has 0 fully saturated rings. The SMILES string of the molecule is COCCOCCCOCc1ccccc1/C=C/C(=O)O. The molecule has 1 aromatic rings. The van der Waals surface area contributed by atoms with E-state index in [1.54, 1.807) is 13.2 Å². The third-order valence-electron chi connectivity index (χ3n) is 2.73. The Morgan fingerprint density at radius 3 is 2.67 bits per heavy atom. The summed E-state index contributed by atoms with van der Waals surface area (Å²) in [6.45, 7) is 2.90. The average Bonchev–Trinajstić information content (AvgIpc) is 2.48. The van der Waals surface area contributed by atoms with Crippen molar-refractivity contribution in [3.05, 3.63) is 41.5 Å². The van der Waals surface area contributed by atoms with Gasteiger partial charge in [-0.05, 0) is 23.6 Å². The number of aliphatic carboxylic acids is 1. The molecule has 5 heteroatoms. The van der Waals surface area contributed by atoms with E-state index in [0.29, 0.717) is 33.0 Å². The molecule has 21 heavy (non-hydrogen) atoms. The number of ether oxygens (including phenoxy) is 3. The van der Waals surface area contributed by atoms with Gasteiger partial charge in [0.15, 0.2) is 0 Å². The molecule has 0 heterocycles. The third kappa shape index (κ3) is 8.24. The molecule has 0 radical (unpaired) electrons. The van der Waals surface area contributed by atoms with Crippen molar-refractivity contribution >= 4 is 12.0 Å². The lowest BCUT2D eigenvalue weighted by molar-refractivity contribution is -0.131. The zero-order valence-electron chi connectivity index (χ0n) is 12.3. The smallest absolute Gasteiger partial charge is 0.328 e. The second-order valence-corrected chi connectivity index (χ2v) is 4.38. The van der Waals surface area contributed by atoms with Gasteiger partial charge in [0.05, 0.1) is 19.8 Å². The van der Waals surface area contributed by atoms with Gasteiger partial charge in [-0.2, -0.15) is 0 Å². The molecule has 0 saturated heterocycles. The first-order valence-corrected chi connectivity index (χ1v) is 6.87. The van der Waals surface area contributed by atoms with Gasteiger partial charge in [-0.15, -0.1) is 0 Å². The van der Waals surface area contributed by atoms with Crippen LogP contribution in [0.3, 0.4) is 0 Å². The summed E-state index contributed by atoms with van der Waals surface area (Å²) in [7, 11) is 1.64. The molecule has 0 aliphatic heterocycles. The first-order chi connectivity index (χ1) is 10.2. The van der Waals surface area contributed by atoms with Gasteiger partial charge in [0.2, 0.25) is 0 Å². The van der Waals surface area contributed by atoms with Gasteiger partial charge in [-0.1, -0.05) is 24.3 Å². The molecule has 0 aliphatic rings. The van der Waals surface area contributed by atoms with E-state index in [4.69, 9.17) is 19.3 Å². The van der Waals surface area contributed by atoms with E-state index >= 15 is 0 Å². The van der Waals surface area contributed by atoms with E-state index in [2.05, 4.69) is 0 Å². The third-order valence-corrected chi connectivity index (χ3v) is 2.73. The highest BCUT2D eigenvalue weighted by Crippen LogP contribution is 2.12. The summed E-state index contributed by atoms with van der Waals surface area (Å²) >= 11 is 0. The van der Waals surface area contributed by atoms with Gasteiger partial charge in [-0.25, -0.2) is 4.79 Å². The molecule has 0 atom stereocenters. The summed E-state index contributed by atoms with van der Waals surface area (Å²) in [6, 6.07) is 7.57. The minimum atomic E-state index is -0.959. The van der Waals surface area contributed by atoms with Crippen LogP contribution in [0.25, 0.3) is 6.08 Å². The van der Waals surface area contributed by atoms with Gasteiger partial charge < -0.3 is 19.3 Å². The lowest BCUT2D eigenvalue weighted by Crippen LogP contribution is -2.06. The Labute approximate surface area is 125 Å². The average molecular weight is 294 g/mol. The number of benzene rings is 1. The molecule has 1 aromatic carbocycles. The summed E-state index contributed by atoms with van der Waals surface area (Å²) < 4.78 is 15.8. The summed E-state index contributed by atoms with van der Waals surface area (Å²) in [5.41, 5.74) is 1.83. The summed E-state index contributed by atoms with van der Waals surface area (Å²) in [6.07, 6.45) is 3.52. The van der Waals surface area contributed by atoms with Gasteiger partial charge in [0, 0.05) is 26.4 Å². The minimum absolute atomic E-state index is 0.457. The van der Waals surface area contributed by atoms with E-state index in [1.165, 1.54) is 0 Å². The fourth-order valence-electron chi connectivity index (χ4n) is 1.68. The Morgan fingerprint density at radius 2 is 1.90 bits per heavy atom. The lowest BCUT2D eigenvalue weighted by atomic mass is 10.1. The Bertz CT molecular complexity index is 442. The zero-order chi connectivity index (χ0) is 15.3. The fraction of sp³-hybridized carbons (Fsp3) is 0.438. The van der Waals surface area contributed by atoms with Crippen molar-refractivity contribution in [3.63, 3.8) is 0 Å². The Hall–Kier alpha value is -1.69. The molecular weight excluding hydrogens is 272 g/mol. The Balaban J connectivity index is 2.27. The van der Waals surface area contributed by atoms with Crippen LogP contribution in [0.5, 0.6) is 0 Å². The molecule has 0 spiro atoms. The fourth-order valence-corrected chi connectivity index (χ4v) is 1.68. The van der Waals surface area contributed by atoms with Crippen molar-refractivity contribution in [2.24, 2.45) is 0 Å². The van der Waals surface area contributed by atoms with Crippen molar-refractivity contribution in [1.29, 1.82) is 0 Å². The highest BCUT2D eigenvalue weighted by molar-refractivity contribution is 5.85. The van der Waals surface area contributed by atoms with Crippen LogP contribution in [0.4, 0.5) is 0 Å². The van der Waals surface area contributed by atoms with Gasteiger partial charge in [0.1, 0.15) is 0 Å². The quantitative estimate of drug-likeness (QED) is 0.501. The number of hydrogen-bond donors (Lipinski definition) is 1. The number of methoxy groups -OCH3 is 1. The predicted molar refractivity (Wildman–Crippen MR) is 80.1 cm³/mol. The number of carbonyl (C=O) groups is 1. The normalized spacial score (nSPS) is 11.1. The molecule has 116 valence electrons. The Kier molecular flexibility index (Phi) is 9.11. The summed E-state index contributed by atoms with van der Waals surface area (Å²) in [5.74, 6) is -0.959. The molecule has 0 saturated carbocycles. The van der Waals surface area contributed by atoms with Crippen molar-refractivity contribution in [2.45, 2.75) is 13.0 Å². The van der Waals surface area contributed by atoms with E-state index in [9.17, 15) is 4.79 Å². The van der Waals surface area contributed by atoms with Crippen LogP contribution in [-0.2, 0) is 25.6 Å². The van der Waals surface area contributed by atoms with Crippen molar-refractivity contribution in [3.8, 4) is 0 Å². The molecule has 0 unspecified atom stereocenters. The van der Waals surface area contributed by atoms with E-state index in [-0.39, 0.29) is 0 Å². The standard InChI is InChI=1S/C16H22O5/c1-19-11-12-20-9-4-10-21-13-15-6-3-2-5-14(15)7-8-16(17)18/h2-3,5-8H,4,9-13H2,1H3,(H,17,18)/b8-7+. The number of carboxylic acids is 1. The van der Waals surface area contributed by atoms with Crippen LogP contribution in [0.1, 0.15) is 17.5 Å². The second-order valence-electron chi connectivity index (χ2n) is 4.38. The Morgan fingerprint density at radius 1 is 1.14 bits per heavy atom. The zero-order valence-corrected chi connectivity index (χ0v) is 12.3. The van der Waals surface area contributed by atoms with Gasteiger partial charge in [-0.3, -0.25) is 0 Å². The molecule has 5 nitrogen and oxygen atoms in total. The van der Waals surface area contributed by atoms with E-state index in [1.807, 2.05) is 24.3 Å². The van der Waals surface area contributed by atoms with Crippen LogP contribution < -0.4 is 0 Å². The minimum Gasteiger partial charge on any atom is -0.478 e. The molecule has 0 bridgehead atoms. The van der Waals surface area contributed by atoms with Crippen LogP contribution in [0.15, 0.2) is 30.3 Å². The molecule has 0 aromatic heterocycles. The molecule has 0 amide bonds. The largest absolute Gasteiger partial charge is 0.478 e. The lowest BCUT2D eigenvalue weighted by Gasteiger charge is -2.08. The van der Waals surface area contributed by atoms with Crippen LogP contribution in [0.2, 0.25) is 0 Å². The first kappa shape index (κ1) is 17.4. The number of rotatable bonds is 11. The van der Waals surface area contributed by atoms with Crippen LogP contribution >= 0.6 is 0 Å². The summed E-state index contributed by atoms with van der Waals surface area (Å²) in [4.78, 5) is 10.6. The van der Waals surface area contributed by atoms with Crippen molar-refractivity contribution < 1.29 is 24.1 Å². The van der Waals surface area contributed by atoms with E-state index in [0.717, 1.165) is 23.6 Å². The first-order valence-electron chi connectivity index (χ1n) is 6.87. The highest BCUT2D eigenvalue weighted by Gasteiger charge is 2.00. The maximum absolute atomic E-state index is 10.6. The maximum Gasteiger partial charge on any atom is 0.328 e. The van der Waals surface area contributed by atoms with E-state index < -0.39 is 5.97 Å². The molecule has 1 rings (SSSR count). The van der Waals surface area contributed by atoms with Crippen LogP contribution in [-0.4, -0.2) is 44.6 Å². The molecule has 0 aliphatic carbocycles. The topological polar surface area (TPSA) is 65.0 Å².